The van der Waals surface area contributed by atoms with Crippen LogP contribution in [0.25, 0.3) is 0 Å². The summed E-state index contributed by atoms with van der Waals surface area (Å²) < 4.78 is 5.61. The number of hydrogen-bond donors (Lipinski definition) is 1. The summed E-state index contributed by atoms with van der Waals surface area (Å²) in [7, 11) is 0. The summed E-state index contributed by atoms with van der Waals surface area (Å²) >= 11 is 0. The maximum absolute atomic E-state index is 9.19. The predicted molar refractivity (Wildman–Crippen MR) is 60.2 cm³/mol. The van der Waals surface area contributed by atoms with Crippen LogP contribution in [0, 0.1) is 0 Å². The molecule has 2 nitrogen and oxygen atoms in total. The normalized spacial score (nSPS) is 20.8. The number of benzene rings is 1. The molecule has 0 radical (unpaired) electrons. The van der Waals surface area contributed by atoms with Crippen LogP contribution in [-0.4, -0.2) is 17.8 Å². The molecule has 2 atom stereocenters. The van der Waals surface area contributed by atoms with Crippen LogP contribution in [0.4, 0.5) is 0 Å². The molecule has 0 fully saturated rings. The molecular weight excluding hydrogens is 188 g/mol. The summed E-state index contributed by atoms with van der Waals surface area (Å²) in [5, 5.41) is 9.19. The third-order valence-corrected chi connectivity index (χ3v) is 2.97. The van der Waals surface area contributed by atoms with Gasteiger partial charge < -0.3 is 9.84 Å². The lowest BCUT2D eigenvalue weighted by Gasteiger charge is -2.09. The minimum absolute atomic E-state index is 0.178. The van der Waals surface area contributed by atoms with Crippen LogP contribution < -0.4 is 4.74 Å². The molecule has 2 heteroatoms. The Labute approximate surface area is 90.9 Å². The van der Waals surface area contributed by atoms with Gasteiger partial charge in [-0.2, -0.15) is 0 Å². The Morgan fingerprint density at radius 1 is 1.47 bits per heavy atom. The van der Waals surface area contributed by atoms with Crippen molar-refractivity contribution in [2.75, 3.05) is 6.61 Å². The molecule has 1 aromatic carbocycles. The van der Waals surface area contributed by atoms with E-state index in [1.54, 1.807) is 0 Å². The molecule has 0 bridgehead atoms. The topological polar surface area (TPSA) is 29.5 Å². The molecule has 0 saturated carbocycles. The van der Waals surface area contributed by atoms with Gasteiger partial charge in [0.25, 0.3) is 0 Å². The van der Waals surface area contributed by atoms with Gasteiger partial charge in [-0.15, -0.1) is 0 Å². The fourth-order valence-corrected chi connectivity index (χ4v) is 2.13. The van der Waals surface area contributed by atoms with Crippen LogP contribution >= 0.6 is 0 Å². The molecule has 1 heterocycles. The highest BCUT2D eigenvalue weighted by Crippen LogP contribution is 2.36. The van der Waals surface area contributed by atoms with Crippen LogP contribution in [0.5, 0.6) is 5.75 Å². The van der Waals surface area contributed by atoms with Gasteiger partial charge in [-0.1, -0.05) is 24.6 Å². The van der Waals surface area contributed by atoms with Gasteiger partial charge in [0, 0.05) is 11.5 Å². The van der Waals surface area contributed by atoms with Crippen molar-refractivity contribution >= 4 is 0 Å². The summed E-state index contributed by atoms with van der Waals surface area (Å²) in [4.78, 5) is 0. The molecule has 1 aliphatic rings. The Morgan fingerprint density at radius 3 is 3.07 bits per heavy atom. The minimum Gasteiger partial charge on any atom is -0.493 e. The van der Waals surface area contributed by atoms with E-state index in [-0.39, 0.29) is 6.10 Å². The first-order valence-electron chi connectivity index (χ1n) is 5.67. The number of fused-ring (bicyclic) bond motifs is 1. The third-order valence-electron chi connectivity index (χ3n) is 2.97. The van der Waals surface area contributed by atoms with Crippen LogP contribution in [0.15, 0.2) is 24.3 Å². The SMILES string of the molecule is CC(O)CCCC1COc2ccccc21. The van der Waals surface area contributed by atoms with Crippen molar-refractivity contribution in [3.8, 4) is 5.75 Å². The quantitative estimate of drug-likeness (QED) is 0.820. The number of para-hydroxylation sites is 1. The van der Waals surface area contributed by atoms with Crippen molar-refractivity contribution in [1.82, 2.24) is 0 Å². The Bertz CT molecular complexity index is 320. The van der Waals surface area contributed by atoms with E-state index in [0.717, 1.165) is 31.6 Å². The molecule has 1 aliphatic heterocycles. The fourth-order valence-electron chi connectivity index (χ4n) is 2.13. The van der Waals surface area contributed by atoms with E-state index in [1.165, 1.54) is 5.56 Å². The average molecular weight is 206 g/mol. The van der Waals surface area contributed by atoms with Crippen LogP contribution in [0.3, 0.4) is 0 Å². The zero-order chi connectivity index (χ0) is 10.7. The summed E-state index contributed by atoms with van der Waals surface area (Å²) in [6.45, 7) is 2.65. The molecule has 82 valence electrons. The van der Waals surface area contributed by atoms with Crippen molar-refractivity contribution in [2.24, 2.45) is 0 Å². The lowest BCUT2D eigenvalue weighted by atomic mass is 9.95. The van der Waals surface area contributed by atoms with Gasteiger partial charge in [-0.25, -0.2) is 0 Å². The smallest absolute Gasteiger partial charge is 0.122 e. The molecule has 0 amide bonds. The van der Waals surface area contributed by atoms with Gasteiger partial charge in [0.1, 0.15) is 5.75 Å². The van der Waals surface area contributed by atoms with Crippen LogP contribution in [-0.2, 0) is 0 Å². The largest absolute Gasteiger partial charge is 0.493 e. The van der Waals surface area contributed by atoms with E-state index in [9.17, 15) is 5.11 Å². The van der Waals surface area contributed by atoms with Gasteiger partial charge >= 0.3 is 0 Å². The maximum atomic E-state index is 9.19. The first-order chi connectivity index (χ1) is 7.27. The Balaban J connectivity index is 1.90. The summed E-state index contributed by atoms with van der Waals surface area (Å²) in [5.41, 5.74) is 1.34. The van der Waals surface area contributed by atoms with E-state index in [4.69, 9.17) is 4.74 Å². The monoisotopic (exact) mass is 206 g/mol. The van der Waals surface area contributed by atoms with Crippen molar-refractivity contribution in [2.45, 2.75) is 38.2 Å². The van der Waals surface area contributed by atoms with E-state index in [2.05, 4.69) is 12.1 Å². The van der Waals surface area contributed by atoms with Crippen molar-refractivity contribution in [1.29, 1.82) is 0 Å². The Hall–Kier alpha value is -1.02. The molecule has 1 aromatic rings. The van der Waals surface area contributed by atoms with E-state index >= 15 is 0 Å². The molecular formula is C13H18O2. The van der Waals surface area contributed by atoms with E-state index in [0.29, 0.717) is 5.92 Å². The van der Waals surface area contributed by atoms with Crippen molar-refractivity contribution in [3.63, 3.8) is 0 Å². The highest BCUT2D eigenvalue weighted by molar-refractivity contribution is 5.39. The summed E-state index contributed by atoms with van der Waals surface area (Å²) in [6.07, 6.45) is 2.89. The number of hydrogen-bond acceptors (Lipinski definition) is 2. The second-order valence-electron chi connectivity index (χ2n) is 4.33. The second kappa shape index (κ2) is 4.67. The van der Waals surface area contributed by atoms with Gasteiger partial charge in [0.2, 0.25) is 0 Å². The van der Waals surface area contributed by atoms with Gasteiger partial charge in [0.15, 0.2) is 0 Å². The third kappa shape index (κ3) is 2.51. The zero-order valence-corrected chi connectivity index (χ0v) is 9.15. The number of ether oxygens (including phenoxy) is 1. The first kappa shape index (κ1) is 10.5. The summed E-state index contributed by atoms with van der Waals surface area (Å²) in [5.74, 6) is 1.57. The van der Waals surface area contributed by atoms with Crippen LogP contribution in [0.2, 0.25) is 0 Å². The van der Waals surface area contributed by atoms with Crippen molar-refractivity contribution in [3.05, 3.63) is 29.8 Å². The van der Waals surface area contributed by atoms with E-state index in [1.807, 2.05) is 19.1 Å². The Kier molecular flexibility index (Phi) is 3.27. The lowest BCUT2D eigenvalue weighted by Crippen LogP contribution is -2.04. The van der Waals surface area contributed by atoms with Crippen molar-refractivity contribution < 1.29 is 9.84 Å². The Morgan fingerprint density at radius 2 is 2.27 bits per heavy atom. The highest BCUT2D eigenvalue weighted by Gasteiger charge is 2.22. The molecule has 1 N–H and O–H groups in total. The zero-order valence-electron chi connectivity index (χ0n) is 9.15. The molecule has 2 rings (SSSR count). The average Bonchev–Trinajstić information content (AvgIpc) is 2.62. The molecule has 0 saturated heterocycles. The molecule has 0 aromatic heterocycles. The standard InChI is InChI=1S/C13H18O2/c1-10(14)5-4-6-11-9-15-13-8-3-2-7-12(11)13/h2-3,7-8,10-11,14H,4-6,9H2,1H3. The summed E-state index contributed by atoms with van der Waals surface area (Å²) in [6, 6.07) is 8.26. The molecule has 0 spiro atoms. The van der Waals surface area contributed by atoms with E-state index < -0.39 is 0 Å². The fraction of sp³-hybridized carbons (Fsp3) is 0.538. The first-order valence-corrected chi connectivity index (χ1v) is 5.67. The number of rotatable bonds is 4. The number of aliphatic hydroxyl groups is 1. The number of aliphatic hydroxyl groups excluding tert-OH is 1. The van der Waals surface area contributed by atoms with Gasteiger partial charge in [0.05, 0.1) is 12.7 Å². The lowest BCUT2D eigenvalue weighted by molar-refractivity contribution is 0.178. The highest BCUT2D eigenvalue weighted by atomic mass is 16.5. The van der Waals surface area contributed by atoms with Gasteiger partial charge in [-0.05, 0) is 25.8 Å². The second-order valence-corrected chi connectivity index (χ2v) is 4.33. The minimum atomic E-state index is -0.178. The molecule has 15 heavy (non-hydrogen) atoms. The molecule has 0 aliphatic carbocycles. The van der Waals surface area contributed by atoms with Gasteiger partial charge in [-0.3, -0.25) is 0 Å². The molecule has 2 unspecified atom stereocenters. The maximum Gasteiger partial charge on any atom is 0.122 e. The van der Waals surface area contributed by atoms with Crippen LogP contribution in [0.1, 0.15) is 37.7 Å². The predicted octanol–water partition coefficient (Wildman–Crippen LogP) is 2.71.